The number of nitrogens with one attached hydrogen (secondary N) is 3. The van der Waals surface area contributed by atoms with Crippen molar-refractivity contribution in [2.75, 3.05) is 6.54 Å². The second-order valence-electron chi connectivity index (χ2n) is 9.56. The number of amides is 3. The molecule has 0 aliphatic heterocycles. The monoisotopic (exact) mass is 535 g/mol. The molecule has 1 aromatic rings. The third-order valence-corrected chi connectivity index (χ3v) is 5.60. The van der Waals surface area contributed by atoms with Gasteiger partial charge in [0, 0.05) is 6.54 Å². The molecule has 0 radical (unpaired) electrons. The zero-order chi connectivity index (χ0) is 28.8. The number of guanidine groups is 1. The number of benzene rings is 1. The van der Waals surface area contributed by atoms with Crippen molar-refractivity contribution in [3.8, 4) is 0 Å². The Morgan fingerprint density at radius 2 is 1.53 bits per heavy atom. The molecule has 212 valence electrons. The molecule has 0 bridgehead atoms. The third-order valence-electron chi connectivity index (χ3n) is 5.60. The normalized spacial score (nSPS) is 14.9. The van der Waals surface area contributed by atoms with Gasteiger partial charge >= 0.3 is 5.97 Å². The summed E-state index contributed by atoms with van der Waals surface area (Å²) < 4.78 is 0. The van der Waals surface area contributed by atoms with Crippen molar-refractivity contribution in [2.24, 2.45) is 28.1 Å². The topological polar surface area (TPSA) is 235 Å². The quantitative estimate of drug-likeness (QED) is 0.0703. The van der Waals surface area contributed by atoms with Crippen LogP contribution in [0, 0.1) is 5.92 Å². The predicted molar refractivity (Wildman–Crippen MR) is 143 cm³/mol. The zero-order valence-corrected chi connectivity index (χ0v) is 22.1. The second-order valence-corrected chi connectivity index (χ2v) is 9.56. The summed E-state index contributed by atoms with van der Waals surface area (Å²) in [6.45, 7) is 5.16. The van der Waals surface area contributed by atoms with Gasteiger partial charge in [0.05, 0.1) is 12.1 Å². The molecule has 5 atom stereocenters. The highest BCUT2D eigenvalue weighted by Crippen LogP contribution is 2.09. The first-order valence-electron chi connectivity index (χ1n) is 12.5. The first-order valence-corrected chi connectivity index (χ1v) is 12.5. The summed E-state index contributed by atoms with van der Waals surface area (Å²) in [5, 5.41) is 27.1. The summed E-state index contributed by atoms with van der Waals surface area (Å²) in [5.41, 5.74) is 17.3. The summed E-state index contributed by atoms with van der Waals surface area (Å²) in [6, 6.07) is 4.37. The van der Waals surface area contributed by atoms with Crippen LogP contribution in [0.25, 0.3) is 0 Å². The number of carboxylic acids is 1. The number of rotatable bonds is 16. The molecule has 13 nitrogen and oxygen atoms in total. The third kappa shape index (κ3) is 12.0. The molecule has 3 amide bonds. The predicted octanol–water partition coefficient (Wildman–Crippen LogP) is -1.42. The molecular formula is C25H41N7O6. The molecule has 0 fully saturated rings. The van der Waals surface area contributed by atoms with Crippen molar-refractivity contribution in [3.63, 3.8) is 0 Å². The summed E-state index contributed by atoms with van der Waals surface area (Å²) >= 11 is 0. The Morgan fingerprint density at radius 3 is 2.05 bits per heavy atom. The minimum atomic E-state index is -1.39. The number of hydrogen-bond acceptors (Lipinski definition) is 7. The lowest BCUT2D eigenvalue weighted by Crippen LogP contribution is -2.60. The van der Waals surface area contributed by atoms with E-state index in [2.05, 4.69) is 20.9 Å². The van der Waals surface area contributed by atoms with E-state index in [1.165, 1.54) is 6.92 Å². The maximum atomic E-state index is 13.0. The zero-order valence-electron chi connectivity index (χ0n) is 22.1. The number of carboxylic acid groups (broad SMARTS) is 1. The standard InChI is InChI=1S/C25H41N7O6/c1-14(2)12-19(22(35)30-18(24(37)38)10-7-11-29-25(27)28)31-23(36)20(15(3)33)32-21(34)17(26)13-16-8-5-4-6-9-16/h4-6,8-9,14-15,17-20,33H,7,10-13,26H2,1-3H3,(H,30,35)(H,31,36)(H,32,34)(H,37,38)(H4,27,28,29). The molecule has 0 heterocycles. The van der Waals surface area contributed by atoms with Gasteiger partial charge in [-0.1, -0.05) is 44.2 Å². The van der Waals surface area contributed by atoms with Gasteiger partial charge in [-0.2, -0.15) is 0 Å². The Kier molecular flexibility index (Phi) is 13.8. The van der Waals surface area contributed by atoms with E-state index in [-0.39, 0.29) is 37.7 Å². The number of aliphatic hydroxyl groups excluding tert-OH is 1. The Balaban J connectivity index is 2.89. The van der Waals surface area contributed by atoms with Gasteiger partial charge in [-0.05, 0) is 44.1 Å². The fourth-order valence-electron chi connectivity index (χ4n) is 3.62. The second kappa shape index (κ2) is 16.2. The van der Waals surface area contributed by atoms with Crippen molar-refractivity contribution in [3.05, 3.63) is 35.9 Å². The minimum absolute atomic E-state index is 0.0462. The van der Waals surface area contributed by atoms with Gasteiger partial charge in [0.25, 0.3) is 0 Å². The smallest absolute Gasteiger partial charge is 0.326 e. The number of hydrogen-bond donors (Lipinski definition) is 8. The first-order chi connectivity index (χ1) is 17.8. The van der Waals surface area contributed by atoms with Crippen LogP contribution in [0.1, 0.15) is 45.6 Å². The lowest BCUT2D eigenvalue weighted by atomic mass is 10.0. The fourth-order valence-corrected chi connectivity index (χ4v) is 3.62. The van der Waals surface area contributed by atoms with E-state index in [9.17, 15) is 29.4 Å². The van der Waals surface area contributed by atoms with Crippen LogP contribution < -0.4 is 33.2 Å². The summed E-state index contributed by atoms with van der Waals surface area (Å²) in [6.07, 6.45) is -0.528. The van der Waals surface area contributed by atoms with Gasteiger partial charge in [0.15, 0.2) is 5.96 Å². The molecule has 11 N–H and O–H groups in total. The van der Waals surface area contributed by atoms with E-state index in [1.807, 2.05) is 44.2 Å². The average Bonchev–Trinajstić information content (AvgIpc) is 2.83. The number of carbonyl (C=O) groups is 4. The highest BCUT2D eigenvalue weighted by molar-refractivity contribution is 5.94. The number of aliphatic hydroxyl groups is 1. The summed E-state index contributed by atoms with van der Waals surface area (Å²) in [4.78, 5) is 54.1. The van der Waals surface area contributed by atoms with Crippen LogP contribution in [-0.2, 0) is 25.6 Å². The molecule has 13 heteroatoms. The van der Waals surface area contributed by atoms with Crippen molar-refractivity contribution in [2.45, 2.75) is 76.7 Å². The van der Waals surface area contributed by atoms with E-state index >= 15 is 0 Å². The SMILES string of the molecule is CC(C)CC(NC(=O)C(NC(=O)C(N)Cc1ccccc1)C(C)O)C(=O)NC(CCCN=C(N)N)C(=O)O. The minimum Gasteiger partial charge on any atom is -0.480 e. The van der Waals surface area contributed by atoms with E-state index < -0.39 is 54.0 Å². The number of aliphatic imine (C=N–C) groups is 1. The Bertz CT molecular complexity index is 951. The van der Waals surface area contributed by atoms with Crippen LogP contribution in [0.5, 0.6) is 0 Å². The molecule has 0 spiro atoms. The molecule has 0 aliphatic rings. The summed E-state index contributed by atoms with van der Waals surface area (Å²) in [5.74, 6) is -3.58. The summed E-state index contributed by atoms with van der Waals surface area (Å²) in [7, 11) is 0. The number of nitrogens with zero attached hydrogens (tertiary/aromatic N) is 1. The van der Waals surface area contributed by atoms with Crippen LogP contribution in [-0.4, -0.2) is 76.7 Å². The largest absolute Gasteiger partial charge is 0.480 e. The number of aliphatic carboxylic acids is 1. The van der Waals surface area contributed by atoms with Gasteiger partial charge in [-0.25, -0.2) is 4.79 Å². The van der Waals surface area contributed by atoms with Crippen molar-refractivity contribution < 1.29 is 29.4 Å². The van der Waals surface area contributed by atoms with E-state index in [1.54, 1.807) is 0 Å². The highest BCUT2D eigenvalue weighted by Gasteiger charge is 2.32. The molecule has 0 saturated carbocycles. The van der Waals surface area contributed by atoms with Crippen LogP contribution in [0.15, 0.2) is 35.3 Å². The van der Waals surface area contributed by atoms with E-state index in [4.69, 9.17) is 17.2 Å². The van der Waals surface area contributed by atoms with Crippen molar-refractivity contribution in [1.29, 1.82) is 0 Å². The molecule has 0 aliphatic carbocycles. The lowest BCUT2D eigenvalue weighted by Gasteiger charge is -2.27. The van der Waals surface area contributed by atoms with E-state index in [0.29, 0.717) is 6.42 Å². The molecule has 0 saturated heterocycles. The first kappa shape index (κ1) is 32.3. The van der Waals surface area contributed by atoms with Crippen molar-refractivity contribution >= 4 is 29.7 Å². The Labute approximate surface area is 222 Å². The highest BCUT2D eigenvalue weighted by atomic mass is 16.4. The van der Waals surface area contributed by atoms with Gasteiger partial charge in [0.1, 0.15) is 18.1 Å². The molecule has 5 unspecified atom stereocenters. The fraction of sp³-hybridized carbons (Fsp3) is 0.560. The maximum absolute atomic E-state index is 13.0. The van der Waals surface area contributed by atoms with Crippen LogP contribution in [0.4, 0.5) is 0 Å². The molecule has 1 rings (SSSR count). The van der Waals surface area contributed by atoms with E-state index in [0.717, 1.165) is 5.56 Å². The molecule has 0 aromatic heterocycles. The number of carbonyl (C=O) groups excluding carboxylic acids is 3. The molecule has 1 aromatic carbocycles. The molecular weight excluding hydrogens is 494 g/mol. The van der Waals surface area contributed by atoms with Crippen LogP contribution >= 0.6 is 0 Å². The molecule has 38 heavy (non-hydrogen) atoms. The van der Waals surface area contributed by atoms with Gasteiger partial charge in [-0.3, -0.25) is 19.4 Å². The van der Waals surface area contributed by atoms with Crippen LogP contribution in [0.2, 0.25) is 0 Å². The lowest BCUT2D eigenvalue weighted by molar-refractivity contribution is -0.142. The van der Waals surface area contributed by atoms with Gasteiger partial charge in [0.2, 0.25) is 17.7 Å². The van der Waals surface area contributed by atoms with Gasteiger partial charge in [-0.15, -0.1) is 0 Å². The number of nitrogens with two attached hydrogens (primary N) is 3. The Hall–Kier alpha value is -3.71. The average molecular weight is 536 g/mol. The Morgan fingerprint density at radius 1 is 0.921 bits per heavy atom. The van der Waals surface area contributed by atoms with Gasteiger partial charge < -0.3 is 43.4 Å². The van der Waals surface area contributed by atoms with Crippen molar-refractivity contribution in [1.82, 2.24) is 16.0 Å². The van der Waals surface area contributed by atoms with Crippen LogP contribution in [0.3, 0.4) is 0 Å². The maximum Gasteiger partial charge on any atom is 0.326 e.